The second-order valence-corrected chi connectivity index (χ2v) is 7.49. The Morgan fingerprint density at radius 1 is 1.48 bits per heavy atom. The van der Waals surface area contributed by atoms with Crippen molar-refractivity contribution in [3.8, 4) is 6.07 Å². The number of thioether (sulfide) groups is 1. The van der Waals surface area contributed by atoms with Gasteiger partial charge in [-0.1, -0.05) is 19.1 Å². The van der Waals surface area contributed by atoms with Crippen LogP contribution < -0.4 is 4.72 Å². The molecule has 1 unspecified atom stereocenters. The van der Waals surface area contributed by atoms with Gasteiger partial charge in [-0.15, -0.1) is 11.8 Å². The fourth-order valence-corrected chi connectivity index (χ4v) is 3.67. The summed E-state index contributed by atoms with van der Waals surface area (Å²) in [5.74, 6) is 0. The normalized spacial score (nSPS) is 12.6. The van der Waals surface area contributed by atoms with Crippen molar-refractivity contribution in [2.75, 3.05) is 4.72 Å². The van der Waals surface area contributed by atoms with E-state index in [0.717, 1.165) is 4.90 Å². The lowest BCUT2D eigenvalue weighted by Crippen LogP contribution is -2.13. The number of H-pyrrole nitrogens is 1. The van der Waals surface area contributed by atoms with Gasteiger partial charge in [-0.3, -0.25) is 9.82 Å². The highest BCUT2D eigenvalue weighted by molar-refractivity contribution is 8.00. The molecular weight excluding hydrogens is 308 g/mol. The quantitative estimate of drug-likeness (QED) is 0.796. The Hall–Kier alpha value is -1.98. The number of anilines is 1. The minimum Gasteiger partial charge on any atom is -0.284 e. The van der Waals surface area contributed by atoms with Crippen molar-refractivity contribution in [3.05, 3.63) is 36.7 Å². The van der Waals surface area contributed by atoms with Crippen molar-refractivity contribution in [2.45, 2.75) is 28.4 Å². The van der Waals surface area contributed by atoms with Gasteiger partial charge in [0.2, 0.25) is 0 Å². The van der Waals surface area contributed by atoms with E-state index in [9.17, 15) is 8.42 Å². The molecule has 0 bridgehead atoms. The number of para-hydroxylation sites is 1. The van der Waals surface area contributed by atoms with Crippen LogP contribution in [0.15, 0.2) is 46.5 Å². The van der Waals surface area contributed by atoms with Gasteiger partial charge in [-0.25, -0.2) is 8.42 Å². The molecule has 1 heterocycles. The van der Waals surface area contributed by atoms with E-state index in [1.165, 1.54) is 24.2 Å². The van der Waals surface area contributed by atoms with E-state index >= 15 is 0 Å². The number of benzene rings is 1. The molecule has 0 spiro atoms. The Kier molecular flexibility index (Phi) is 4.88. The molecule has 0 radical (unpaired) electrons. The Bertz CT molecular complexity index is 736. The molecule has 0 saturated heterocycles. The Morgan fingerprint density at radius 3 is 2.90 bits per heavy atom. The zero-order valence-corrected chi connectivity index (χ0v) is 12.9. The third-order valence-electron chi connectivity index (χ3n) is 2.62. The standard InChI is InChI=1S/C13H14N4O2S2/c1-10(6-7-14)20-13-5-3-2-4-12(13)17-21(18,19)11-8-15-16-9-11/h2-5,8-10,17H,6H2,1H3,(H,15,16). The second kappa shape index (κ2) is 6.65. The van der Waals surface area contributed by atoms with Gasteiger partial charge in [0.25, 0.3) is 10.0 Å². The third-order valence-corrected chi connectivity index (χ3v) is 5.13. The lowest BCUT2D eigenvalue weighted by Gasteiger charge is -2.13. The number of nitrogens with zero attached hydrogens (tertiary/aromatic N) is 2. The summed E-state index contributed by atoms with van der Waals surface area (Å²) in [5, 5.41) is 14.9. The van der Waals surface area contributed by atoms with Gasteiger partial charge in [0.15, 0.2) is 0 Å². The van der Waals surface area contributed by atoms with E-state index in [4.69, 9.17) is 5.26 Å². The fraction of sp³-hybridized carbons (Fsp3) is 0.231. The molecule has 2 rings (SSSR count). The summed E-state index contributed by atoms with van der Waals surface area (Å²) in [4.78, 5) is 0.861. The molecular formula is C13H14N4O2S2. The first-order chi connectivity index (χ1) is 10.0. The van der Waals surface area contributed by atoms with Crippen molar-refractivity contribution in [3.63, 3.8) is 0 Å². The van der Waals surface area contributed by atoms with Gasteiger partial charge in [0.1, 0.15) is 4.90 Å². The molecule has 21 heavy (non-hydrogen) atoms. The maximum Gasteiger partial charge on any atom is 0.265 e. The first-order valence-corrected chi connectivity index (χ1v) is 8.53. The molecule has 1 aromatic heterocycles. The van der Waals surface area contributed by atoms with Gasteiger partial charge in [-0.05, 0) is 12.1 Å². The highest BCUT2D eigenvalue weighted by Crippen LogP contribution is 2.32. The predicted octanol–water partition coefficient (Wildman–Crippen LogP) is 2.60. The highest BCUT2D eigenvalue weighted by atomic mass is 32.2. The minimum atomic E-state index is -3.66. The zero-order chi connectivity index (χ0) is 15.3. The fourth-order valence-electron chi connectivity index (χ4n) is 1.63. The van der Waals surface area contributed by atoms with E-state index in [1.807, 2.05) is 19.1 Å². The molecule has 2 aromatic rings. The van der Waals surface area contributed by atoms with Crippen LogP contribution in [0, 0.1) is 11.3 Å². The van der Waals surface area contributed by atoms with Crippen molar-refractivity contribution >= 4 is 27.5 Å². The molecule has 6 nitrogen and oxygen atoms in total. The number of hydrogen-bond donors (Lipinski definition) is 2. The van der Waals surface area contributed by atoms with E-state index in [-0.39, 0.29) is 10.1 Å². The summed E-state index contributed by atoms with van der Waals surface area (Å²) in [5.41, 5.74) is 0.494. The van der Waals surface area contributed by atoms with Crippen LogP contribution >= 0.6 is 11.8 Å². The first-order valence-electron chi connectivity index (χ1n) is 6.17. The number of aromatic nitrogens is 2. The van der Waals surface area contributed by atoms with E-state index in [2.05, 4.69) is 21.0 Å². The van der Waals surface area contributed by atoms with Crippen molar-refractivity contribution in [1.29, 1.82) is 5.26 Å². The van der Waals surface area contributed by atoms with Crippen molar-refractivity contribution < 1.29 is 8.42 Å². The molecule has 0 saturated carbocycles. The zero-order valence-electron chi connectivity index (χ0n) is 11.3. The minimum absolute atomic E-state index is 0.0763. The van der Waals surface area contributed by atoms with Crippen molar-refractivity contribution in [2.24, 2.45) is 0 Å². The topological polar surface area (TPSA) is 98.6 Å². The Balaban J connectivity index is 2.23. The maximum absolute atomic E-state index is 12.2. The molecule has 0 amide bonds. The van der Waals surface area contributed by atoms with Crippen LogP contribution in [0.1, 0.15) is 13.3 Å². The van der Waals surface area contributed by atoms with E-state index in [0.29, 0.717) is 12.1 Å². The van der Waals surface area contributed by atoms with E-state index < -0.39 is 10.0 Å². The summed E-state index contributed by atoms with van der Waals surface area (Å²) in [6.45, 7) is 1.93. The lowest BCUT2D eigenvalue weighted by molar-refractivity contribution is 0.601. The summed E-state index contributed by atoms with van der Waals surface area (Å²) in [6.07, 6.45) is 2.96. The SMILES string of the molecule is CC(CC#N)Sc1ccccc1NS(=O)(=O)c1cn[nH]c1. The molecule has 1 atom stereocenters. The van der Waals surface area contributed by atoms with Crippen LogP contribution in [0.4, 0.5) is 5.69 Å². The summed E-state index contributed by atoms with van der Waals surface area (Å²) >= 11 is 1.46. The number of rotatable bonds is 6. The molecule has 8 heteroatoms. The van der Waals surface area contributed by atoms with Crippen LogP contribution in [0.5, 0.6) is 0 Å². The first kappa shape index (κ1) is 15.4. The average molecular weight is 322 g/mol. The molecule has 1 aromatic carbocycles. The van der Waals surface area contributed by atoms with Crippen LogP contribution in [0.2, 0.25) is 0 Å². The molecule has 110 valence electrons. The molecule has 0 aliphatic carbocycles. The molecule has 0 aliphatic rings. The number of nitriles is 1. The largest absolute Gasteiger partial charge is 0.284 e. The number of aromatic amines is 1. The Morgan fingerprint density at radius 2 is 2.24 bits per heavy atom. The van der Waals surface area contributed by atoms with Gasteiger partial charge >= 0.3 is 0 Å². The smallest absolute Gasteiger partial charge is 0.265 e. The van der Waals surface area contributed by atoms with Gasteiger partial charge in [0, 0.05) is 22.8 Å². The summed E-state index contributed by atoms with van der Waals surface area (Å²) in [7, 11) is -3.66. The second-order valence-electron chi connectivity index (χ2n) is 4.33. The van der Waals surface area contributed by atoms with Gasteiger partial charge in [-0.2, -0.15) is 10.4 Å². The lowest BCUT2D eigenvalue weighted by atomic mass is 10.3. The van der Waals surface area contributed by atoms with Crippen LogP contribution in [0.25, 0.3) is 0 Å². The maximum atomic E-state index is 12.2. The summed E-state index contributed by atoms with van der Waals surface area (Å²) < 4.78 is 26.9. The molecule has 2 N–H and O–H groups in total. The number of sulfonamides is 1. The van der Waals surface area contributed by atoms with Crippen LogP contribution in [-0.4, -0.2) is 23.9 Å². The predicted molar refractivity (Wildman–Crippen MR) is 81.4 cm³/mol. The van der Waals surface area contributed by atoms with Gasteiger partial charge in [0.05, 0.1) is 18.0 Å². The van der Waals surface area contributed by atoms with Crippen LogP contribution in [-0.2, 0) is 10.0 Å². The number of hydrogen-bond acceptors (Lipinski definition) is 5. The van der Waals surface area contributed by atoms with Crippen LogP contribution in [0.3, 0.4) is 0 Å². The summed E-state index contributed by atoms with van der Waals surface area (Å²) in [6, 6.07) is 9.21. The monoisotopic (exact) mass is 322 g/mol. The average Bonchev–Trinajstić information content (AvgIpc) is 2.96. The molecule has 0 aliphatic heterocycles. The van der Waals surface area contributed by atoms with Crippen molar-refractivity contribution in [1.82, 2.24) is 10.2 Å². The Labute approximate surface area is 127 Å². The van der Waals surface area contributed by atoms with E-state index in [1.54, 1.807) is 12.1 Å². The van der Waals surface area contributed by atoms with Gasteiger partial charge < -0.3 is 0 Å². The molecule has 0 fully saturated rings. The number of nitrogens with one attached hydrogen (secondary N) is 2. The third kappa shape index (κ3) is 4.00. The highest BCUT2D eigenvalue weighted by Gasteiger charge is 2.17.